The van der Waals surface area contributed by atoms with Crippen LogP contribution in [0.5, 0.6) is 0 Å². The monoisotopic (exact) mass is 331 g/mol. The first-order valence-corrected chi connectivity index (χ1v) is 9.09. The molecule has 132 valence electrons. The van der Waals surface area contributed by atoms with Gasteiger partial charge in [0, 0.05) is 38.8 Å². The van der Waals surface area contributed by atoms with Crippen molar-refractivity contribution in [3.8, 4) is 0 Å². The summed E-state index contributed by atoms with van der Waals surface area (Å²) < 4.78 is 5.44. The van der Waals surface area contributed by atoms with Crippen LogP contribution in [0.3, 0.4) is 0 Å². The Morgan fingerprint density at radius 1 is 1.33 bits per heavy atom. The van der Waals surface area contributed by atoms with Gasteiger partial charge >= 0.3 is 0 Å². The van der Waals surface area contributed by atoms with Crippen LogP contribution in [0.25, 0.3) is 0 Å². The summed E-state index contributed by atoms with van der Waals surface area (Å²) in [5.41, 5.74) is 1.20. The van der Waals surface area contributed by atoms with Crippen molar-refractivity contribution in [1.29, 1.82) is 0 Å². The largest absolute Gasteiger partial charge is 0.379 e. The van der Waals surface area contributed by atoms with Crippen LogP contribution in [0.15, 0.2) is 30.3 Å². The highest BCUT2D eigenvalue weighted by molar-refractivity contribution is 5.79. The van der Waals surface area contributed by atoms with Crippen LogP contribution < -0.4 is 5.32 Å². The van der Waals surface area contributed by atoms with Crippen LogP contribution in [-0.4, -0.2) is 67.7 Å². The molecule has 0 aliphatic carbocycles. The van der Waals surface area contributed by atoms with Crippen molar-refractivity contribution in [2.45, 2.75) is 25.9 Å². The number of amides is 1. The van der Waals surface area contributed by atoms with Gasteiger partial charge in [0.25, 0.3) is 0 Å². The maximum atomic E-state index is 13.1. The van der Waals surface area contributed by atoms with Crippen molar-refractivity contribution in [1.82, 2.24) is 15.1 Å². The van der Waals surface area contributed by atoms with E-state index < -0.39 is 0 Å². The number of carbonyl (C=O) groups excluding carboxylic acids is 1. The number of benzene rings is 1. The summed E-state index contributed by atoms with van der Waals surface area (Å²) >= 11 is 0. The highest BCUT2D eigenvalue weighted by Crippen LogP contribution is 2.18. The number of morpholine rings is 1. The summed E-state index contributed by atoms with van der Waals surface area (Å²) in [6.07, 6.45) is 0.953. The smallest absolute Gasteiger partial charge is 0.227 e. The molecule has 2 aliphatic heterocycles. The van der Waals surface area contributed by atoms with E-state index in [9.17, 15) is 4.79 Å². The Bertz CT molecular complexity index is 511. The number of carbonyl (C=O) groups is 1. The van der Waals surface area contributed by atoms with Crippen LogP contribution in [0.1, 0.15) is 18.9 Å². The quantitative estimate of drug-likeness (QED) is 0.855. The topological polar surface area (TPSA) is 44.8 Å². The standard InChI is InChI=1S/C19H29N3O2/c1-16(14-21-9-11-24-12-10-21)22(15-17-5-3-2-4-6-17)19(23)18-7-8-20-13-18/h2-6,16,18,20H,7-15H2,1H3/t16-,18-/m0/s1. The van der Waals surface area contributed by atoms with E-state index in [2.05, 4.69) is 34.2 Å². The molecule has 0 saturated carbocycles. The predicted octanol–water partition coefficient (Wildman–Crippen LogP) is 1.35. The Hall–Kier alpha value is -1.43. The van der Waals surface area contributed by atoms with Crippen LogP contribution >= 0.6 is 0 Å². The lowest BCUT2D eigenvalue weighted by molar-refractivity contribution is -0.138. The molecule has 3 rings (SSSR count). The van der Waals surface area contributed by atoms with Gasteiger partial charge in [0.15, 0.2) is 0 Å². The Kier molecular flexibility index (Phi) is 6.24. The van der Waals surface area contributed by atoms with Crippen LogP contribution in [0, 0.1) is 5.92 Å². The second-order valence-electron chi connectivity index (χ2n) is 6.90. The van der Waals surface area contributed by atoms with Crippen molar-refractivity contribution in [2.75, 3.05) is 45.9 Å². The van der Waals surface area contributed by atoms with E-state index in [0.717, 1.165) is 52.4 Å². The average Bonchev–Trinajstić information content (AvgIpc) is 3.15. The zero-order chi connectivity index (χ0) is 16.8. The predicted molar refractivity (Wildman–Crippen MR) is 94.7 cm³/mol. The van der Waals surface area contributed by atoms with E-state index in [0.29, 0.717) is 12.5 Å². The van der Waals surface area contributed by atoms with Gasteiger partial charge in [0.2, 0.25) is 5.91 Å². The van der Waals surface area contributed by atoms with Crippen LogP contribution in [-0.2, 0) is 16.1 Å². The maximum Gasteiger partial charge on any atom is 0.227 e. The molecule has 1 aromatic rings. The number of ether oxygens (including phenoxy) is 1. The fraction of sp³-hybridized carbons (Fsp3) is 0.632. The average molecular weight is 331 g/mol. The Labute approximate surface area is 145 Å². The van der Waals surface area contributed by atoms with Gasteiger partial charge < -0.3 is 15.0 Å². The van der Waals surface area contributed by atoms with E-state index in [4.69, 9.17) is 4.74 Å². The van der Waals surface area contributed by atoms with Gasteiger partial charge in [-0.05, 0) is 25.5 Å². The summed E-state index contributed by atoms with van der Waals surface area (Å²) in [5, 5.41) is 3.32. The molecule has 5 nitrogen and oxygen atoms in total. The zero-order valence-corrected chi connectivity index (χ0v) is 14.6. The highest BCUT2D eigenvalue weighted by Gasteiger charge is 2.30. The second-order valence-corrected chi connectivity index (χ2v) is 6.90. The van der Waals surface area contributed by atoms with E-state index >= 15 is 0 Å². The van der Waals surface area contributed by atoms with Crippen molar-refractivity contribution in [3.63, 3.8) is 0 Å². The Balaban J connectivity index is 1.68. The number of rotatable bonds is 6. The molecule has 0 spiro atoms. The fourth-order valence-electron chi connectivity index (χ4n) is 3.59. The molecule has 1 N–H and O–H groups in total. The molecule has 0 bridgehead atoms. The fourth-order valence-corrected chi connectivity index (χ4v) is 3.59. The van der Waals surface area contributed by atoms with Crippen molar-refractivity contribution in [3.05, 3.63) is 35.9 Å². The van der Waals surface area contributed by atoms with Crippen LogP contribution in [0.4, 0.5) is 0 Å². The van der Waals surface area contributed by atoms with E-state index in [-0.39, 0.29) is 12.0 Å². The minimum absolute atomic E-state index is 0.126. The molecular formula is C19H29N3O2. The Morgan fingerprint density at radius 3 is 2.75 bits per heavy atom. The van der Waals surface area contributed by atoms with E-state index in [1.807, 2.05) is 18.2 Å². The summed E-state index contributed by atoms with van der Waals surface area (Å²) in [7, 11) is 0. The molecule has 2 heterocycles. The number of nitrogens with one attached hydrogen (secondary N) is 1. The molecule has 0 unspecified atom stereocenters. The van der Waals surface area contributed by atoms with Gasteiger partial charge in [-0.2, -0.15) is 0 Å². The third kappa shape index (κ3) is 4.56. The maximum absolute atomic E-state index is 13.1. The van der Waals surface area contributed by atoms with Gasteiger partial charge in [-0.1, -0.05) is 30.3 Å². The second kappa shape index (κ2) is 8.60. The molecule has 1 amide bonds. The highest BCUT2D eigenvalue weighted by atomic mass is 16.5. The number of hydrogen-bond donors (Lipinski definition) is 1. The number of nitrogens with zero attached hydrogens (tertiary/aromatic N) is 2. The van der Waals surface area contributed by atoms with Gasteiger partial charge in [0.05, 0.1) is 19.1 Å². The molecular weight excluding hydrogens is 302 g/mol. The molecule has 24 heavy (non-hydrogen) atoms. The normalized spacial score (nSPS) is 23.1. The van der Waals surface area contributed by atoms with Gasteiger partial charge in [-0.25, -0.2) is 0 Å². The minimum Gasteiger partial charge on any atom is -0.379 e. The molecule has 1 aromatic carbocycles. The molecule has 2 atom stereocenters. The summed E-state index contributed by atoms with van der Waals surface area (Å²) in [4.78, 5) is 17.6. The third-order valence-corrected chi connectivity index (χ3v) is 5.05. The van der Waals surface area contributed by atoms with Crippen molar-refractivity contribution < 1.29 is 9.53 Å². The van der Waals surface area contributed by atoms with Gasteiger partial charge in [0.1, 0.15) is 0 Å². The molecule has 5 heteroatoms. The SMILES string of the molecule is C[C@@H](CN1CCOCC1)N(Cc1ccccc1)C(=O)[C@H]1CCNC1. The van der Waals surface area contributed by atoms with Crippen LogP contribution in [0.2, 0.25) is 0 Å². The third-order valence-electron chi connectivity index (χ3n) is 5.05. The molecule has 0 radical (unpaired) electrons. The zero-order valence-electron chi connectivity index (χ0n) is 14.6. The first kappa shape index (κ1) is 17.4. The lowest BCUT2D eigenvalue weighted by atomic mass is 10.0. The van der Waals surface area contributed by atoms with E-state index in [1.165, 1.54) is 5.56 Å². The lowest BCUT2D eigenvalue weighted by Gasteiger charge is -2.36. The summed E-state index contributed by atoms with van der Waals surface area (Å²) in [6.45, 7) is 9.08. The van der Waals surface area contributed by atoms with Crippen molar-refractivity contribution in [2.24, 2.45) is 5.92 Å². The first-order chi connectivity index (χ1) is 11.7. The first-order valence-electron chi connectivity index (χ1n) is 9.09. The molecule has 2 saturated heterocycles. The van der Waals surface area contributed by atoms with Gasteiger partial charge in [-0.15, -0.1) is 0 Å². The minimum atomic E-state index is 0.126. The molecule has 0 aromatic heterocycles. The molecule has 2 fully saturated rings. The Morgan fingerprint density at radius 2 is 2.08 bits per heavy atom. The van der Waals surface area contributed by atoms with E-state index in [1.54, 1.807) is 0 Å². The molecule has 2 aliphatic rings. The van der Waals surface area contributed by atoms with Crippen molar-refractivity contribution >= 4 is 5.91 Å². The summed E-state index contributed by atoms with van der Waals surface area (Å²) in [5.74, 6) is 0.422. The number of hydrogen-bond acceptors (Lipinski definition) is 4. The van der Waals surface area contributed by atoms with Gasteiger partial charge in [-0.3, -0.25) is 9.69 Å². The summed E-state index contributed by atoms with van der Waals surface area (Å²) in [6, 6.07) is 10.5. The lowest BCUT2D eigenvalue weighted by Crippen LogP contribution is -2.49.